The maximum atomic E-state index is 2.53. The van der Waals surface area contributed by atoms with Crippen molar-refractivity contribution in [3.8, 4) is 0 Å². The summed E-state index contributed by atoms with van der Waals surface area (Å²) in [5, 5.41) is 0. The minimum atomic E-state index is 0.806. The third kappa shape index (κ3) is 2.51. The van der Waals surface area contributed by atoms with Gasteiger partial charge in [0.2, 0.25) is 0 Å². The van der Waals surface area contributed by atoms with Gasteiger partial charge in [0.1, 0.15) is 22.8 Å². The maximum absolute atomic E-state index is 2.53. The number of aromatic nitrogens is 4. The van der Waals surface area contributed by atoms with Crippen LogP contribution < -0.4 is 9.13 Å². The van der Waals surface area contributed by atoms with E-state index in [0.29, 0.717) is 0 Å². The molecule has 4 heteroatoms. The molecule has 4 nitrogen and oxygen atoms in total. The molecule has 2 heterocycles. The smallest absolute Gasteiger partial charge is 0.234 e. The number of imidazole rings is 2. The number of hydrogen-bond acceptors (Lipinski definition) is 0. The van der Waals surface area contributed by atoms with Gasteiger partial charge in [-0.1, -0.05) is 0 Å². The van der Waals surface area contributed by atoms with Gasteiger partial charge in [0.05, 0.1) is 27.2 Å². The molecule has 1 fully saturated rings. The Morgan fingerprint density at radius 3 is 1.25 bits per heavy atom. The highest BCUT2D eigenvalue weighted by atomic mass is 15.2. The average Bonchev–Trinajstić information content (AvgIpc) is 2.84. The van der Waals surface area contributed by atoms with Crippen molar-refractivity contribution in [2.75, 3.05) is 0 Å². The Balaban J connectivity index is 1.77. The fourth-order valence-electron chi connectivity index (χ4n) is 4.33. The van der Waals surface area contributed by atoms with Crippen LogP contribution in [0.1, 0.15) is 47.3 Å². The van der Waals surface area contributed by atoms with Crippen molar-refractivity contribution >= 4 is 0 Å². The SMILES string of the molecule is Cc1c(C)[n+](C)c(C)n1C[C@@H]1CC[C@H]1Cn1c(C)c(C)[n+](C)c1C. The Bertz CT molecular complexity index is 661. The lowest BCUT2D eigenvalue weighted by molar-refractivity contribution is -0.683. The highest BCUT2D eigenvalue weighted by Gasteiger charge is 2.37. The van der Waals surface area contributed by atoms with Crippen LogP contribution in [0.5, 0.6) is 0 Å². The zero-order valence-corrected chi connectivity index (χ0v) is 16.8. The van der Waals surface area contributed by atoms with Crippen molar-refractivity contribution in [1.82, 2.24) is 9.13 Å². The number of nitrogens with zero attached hydrogens (tertiary/aromatic N) is 4. The van der Waals surface area contributed by atoms with E-state index in [-0.39, 0.29) is 0 Å². The van der Waals surface area contributed by atoms with E-state index in [2.05, 4.69) is 73.9 Å². The molecule has 2 aromatic heterocycles. The number of hydrogen-bond donors (Lipinski definition) is 0. The predicted octanol–water partition coefficient (Wildman–Crippen LogP) is 2.52. The van der Waals surface area contributed by atoms with Gasteiger partial charge in [-0.2, -0.15) is 0 Å². The van der Waals surface area contributed by atoms with Gasteiger partial charge in [-0.25, -0.2) is 18.3 Å². The summed E-state index contributed by atoms with van der Waals surface area (Å²) in [6, 6.07) is 0. The Labute approximate surface area is 146 Å². The van der Waals surface area contributed by atoms with Gasteiger partial charge in [0.15, 0.2) is 0 Å². The molecule has 2 atom stereocenters. The van der Waals surface area contributed by atoms with Crippen LogP contribution in [0.15, 0.2) is 0 Å². The molecule has 132 valence electrons. The molecule has 0 amide bonds. The molecule has 1 aliphatic carbocycles. The van der Waals surface area contributed by atoms with Crippen LogP contribution in [0, 0.1) is 53.4 Å². The minimum Gasteiger partial charge on any atom is -0.234 e. The first kappa shape index (κ1) is 17.2. The van der Waals surface area contributed by atoms with E-state index in [0.717, 1.165) is 11.8 Å². The van der Waals surface area contributed by atoms with Gasteiger partial charge < -0.3 is 0 Å². The number of rotatable bonds is 4. The van der Waals surface area contributed by atoms with E-state index in [1.165, 1.54) is 60.4 Å². The molecule has 0 bridgehead atoms. The van der Waals surface area contributed by atoms with E-state index in [1.807, 2.05) is 0 Å². The van der Waals surface area contributed by atoms with E-state index in [1.54, 1.807) is 0 Å². The highest BCUT2D eigenvalue weighted by molar-refractivity contribution is 5.08. The Kier molecular flexibility index (Phi) is 4.35. The molecule has 2 aromatic rings. The van der Waals surface area contributed by atoms with Crippen molar-refractivity contribution in [3.63, 3.8) is 0 Å². The molecule has 0 saturated heterocycles. The first-order valence-corrected chi connectivity index (χ1v) is 9.28. The second kappa shape index (κ2) is 6.05. The standard InChI is InChI=1S/C20H34N4/c1-13-15(3)23(17(5)21(13)7)11-19-9-10-20(19)12-24-16(4)14(2)22(8)18(24)6/h19-20H,9-12H2,1-8H3/q+2/t19-,20-/m0/s1. The van der Waals surface area contributed by atoms with Gasteiger partial charge in [0.25, 0.3) is 11.6 Å². The van der Waals surface area contributed by atoms with Crippen molar-refractivity contribution in [1.29, 1.82) is 0 Å². The second-order valence-corrected chi connectivity index (χ2v) is 7.87. The fraction of sp³-hybridized carbons (Fsp3) is 0.700. The summed E-state index contributed by atoms with van der Waals surface area (Å²) < 4.78 is 9.72. The maximum Gasteiger partial charge on any atom is 0.253 e. The first-order valence-electron chi connectivity index (χ1n) is 9.28. The Morgan fingerprint density at radius 2 is 1.04 bits per heavy atom. The molecule has 1 saturated carbocycles. The van der Waals surface area contributed by atoms with Crippen LogP contribution in [0.3, 0.4) is 0 Å². The molecule has 24 heavy (non-hydrogen) atoms. The molecular formula is C20H34N4+2. The van der Waals surface area contributed by atoms with Gasteiger partial charge in [-0.05, 0) is 12.8 Å². The monoisotopic (exact) mass is 330 g/mol. The molecule has 0 radical (unpaired) electrons. The van der Waals surface area contributed by atoms with Crippen LogP contribution in [-0.2, 0) is 27.2 Å². The van der Waals surface area contributed by atoms with Crippen molar-refractivity contribution in [3.05, 3.63) is 34.4 Å². The van der Waals surface area contributed by atoms with E-state index < -0.39 is 0 Å². The average molecular weight is 331 g/mol. The molecule has 0 unspecified atom stereocenters. The lowest BCUT2D eigenvalue weighted by Gasteiger charge is -2.34. The van der Waals surface area contributed by atoms with Gasteiger partial charge >= 0.3 is 0 Å². The summed E-state index contributed by atoms with van der Waals surface area (Å²) >= 11 is 0. The summed E-state index contributed by atoms with van der Waals surface area (Å²) in [5.41, 5.74) is 5.64. The zero-order chi connectivity index (χ0) is 17.8. The summed E-state index contributed by atoms with van der Waals surface area (Å²) in [6.45, 7) is 15.8. The van der Waals surface area contributed by atoms with E-state index in [4.69, 9.17) is 0 Å². The van der Waals surface area contributed by atoms with E-state index in [9.17, 15) is 0 Å². The Morgan fingerprint density at radius 1 is 0.708 bits per heavy atom. The van der Waals surface area contributed by atoms with Gasteiger partial charge in [0, 0.05) is 53.4 Å². The molecule has 0 aromatic carbocycles. The largest absolute Gasteiger partial charge is 0.253 e. The minimum absolute atomic E-state index is 0.806. The van der Waals surface area contributed by atoms with Crippen LogP contribution >= 0.6 is 0 Å². The van der Waals surface area contributed by atoms with Crippen LogP contribution in [-0.4, -0.2) is 9.13 Å². The lowest BCUT2D eigenvalue weighted by atomic mass is 9.73. The summed E-state index contributed by atoms with van der Waals surface area (Å²) in [4.78, 5) is 0. The molecule has 0 spiro atoms. The first-order chi connectivity index (χ1) is 11.2. The van der Waals surface area contributed by atoms with Crippen LogP contribution in [0.25, 0.3) is 0 Å². The van der Waals surface area contributed by atoms with Crippen molar-refractivity contribution in [2.45, 2.75) is 67.5 Å². The molecule has 0 aliphatic heterocycles. The lowest BCUT2D eigenvalue weighted by Crippen LogP contribution is -2.37. The van der Waals surface area contributed by atoms with Gasteiger partial charge in [-0.15, -0.1) is 0 Å². The van der Waals surface area contributed by atoms with Crippen molar-refractivity contribution < 1.29 is 9.13 Å². The third-order valence-corrected chi connectivity index (χ3v) is 7.02. The van der Waals surface area contributed by atoms with Crippen LogP contribution in [0.4, 0.5) is 0 Å². The second-order valence-electron chi connectivity index (χ2n) is 7.87. The summed E-state index contributed by atoms with van der Waals surface area (Å²) in [5.74, 6) is 4.37. The van der Waals surface area contributed by atoms with Gasteiger partial charge in [-0.3, -0.25) is 0 Å². The molecule has 3 rings (SSSR count). The molecule has 0 N–H and O–H groups in total. The van der Waals surface area contributed by atoms with Crippen molar-refractivity contribution in [2.24, 2.45) is 25.9 Å². The highest BCUT2D eigenvalue weighted by Crippen LogP contribution is 2.37. The molecule has 1 aliphatic rings. The normalized spacial score (nSPS) is 20.5. The van der Waals surface area contributed by atoms with Crippen LogP contribution in [0.2, 0.25) is 0 Å². The fourth-order valence-corrected chi connectivity index (χ4v) is 4.33. The topological polar surface area (TPSA) is 17.6 Å². The summed E-state index contributed by atoms with van der Waals surface area (Å²) in [6.07, 6.45) is 2.74. The Hall–Kier alpha value is -1.58. The van der Waals surface area contributed by atoms with E-state index >= 15 is 0 Å². The predicted molar refractivity (Wildman–Crippen MR) is 95.9 cm³/mol. The zero-order valence-electron chi connectivity index (χ0n) is 16.8. The summed E-state index contributed by atoms with van der Waals surface area (Å²) in [7, 11) is 4.36. The third-order valence-electron chi connectivity index (χ3n) is 7.02. The quantitative estimate of drug-likeness (QED) is 0.767. The molecular weight excluding hydrogens is 296 g/mol.